The number of piperidine rings is 1. The molecule has 0 aromatic heterocycles. The highest BCUT2D eigenvalue weighted by Gasteiger charge is 2.61. The number of ether oxygens (including phenoxy) is 3. The highest BCUT2D eigenvalue weighted by Crippen LogP contribution is 2.42. The van der Waals surface area contributed by atoms with E-state index in [1.807, 2.05) is 13.8 Å². The quantitative estimate of drug-likeness (QED) is 0.388. The van der Waals surface area contributed by atoms with E-state index in [1.165, 1.54) is 20.8 Å². The van der Waals surface area contributed by atoms with Gasteiger partial charge in [0, 0.05) is 46.7 Å². The van der Waals surface area contributed by atoms with Gasteiger partial charge in [-0.05, 0) is 13.1 Å². The Bertz CT molecular complexity index is 550. The molecule has 4 unspecified atom stereocenters. The molecule has 0 radical (unpaired) electrons. The SMILES string of the molecule is CCN(CC)C1(OC(C)=O)CCN2CCC(OC(C)=O)C(OC(C)=O)C21. The van der Waals surface area contributed by atoms with Crippen LogP contribution in [-0.4, -0.2) is 77.9 Å². The van der Waals surface area contributed by atoms with Gasteiger partial charge in [0.15, 0.2) is 11.8 Å². The number of rotatable bonds is 6. The molecule has 0 N–H and O–H groups in total. The van der Waals surface area contributed by atoms with Gasteiger partial charge in [0.2, 0.25) is 0 Å². The summed E-state index contributed by atoms with van der Waals surface area (Å²) in [5, 5.41) is 0. The van der Waals surface area contributed by atoms with Crippen molar-refractivity contribution >= 4 is 17.9 Å². The average molecular weight is 370 g/mol. The minimum absolute atomic E-state index is 0.380. The van der Waals surface area contributed by atoms with Crippen LogP contribution in [0.2, 0.25) is 0 Å². The Kier molecular flexibility index (Phi) is 6.63. The molecule has 2 heterocycles. The van der Waals surface area contributed by atoms with Gasteiger partial charge < -0.3 is 14.2 Å². The van der Waals surface area contributed by atoms with E-state index in [0.29, 0.717) is 32.5 Å². The van der Waals surface area contributed by atoms with Crippen molar-refractivity contribution in [3.63, 3.8) is 0 Å². The van der Waals surface area contributed by atoms with Crippen LogP contribution in [0.25, 0.3) is 0 Å². The summed E-state index contributed by atoms with van der Waals surface area (Å²) in [6, 6.07) is -0.381. The third-order valence-corrected chi connectivity index (χ3v) is 5.23. The van der Waals surface area contributed by atoms with Gasteiger partial charge in [-0.15, -0.1) is 0 Å². The molecule has 8 nitrogen and oxygen atoms in total. The Hall–Kier alpha value is -1.67. The van der Waals surface area contributed by atoms with E-state index >= 15 is 0 Å². The summed E-state index contributed by atoms with van der Waals surface area (Å²) in [6.45, 7) is 10.8. The van der Waals surface area contributed by atoms with Gasteiger partial charge in [-0.1, -0.05) is 13.8 Å². The number of hydrogen-bond donors (Lipinski definition) is 0. The molecule has 0 spiro atoms. The second-order valence-electron chi connectivity index (χ2n) is 6.85. The summed E-state index contributed by atoms with van der Waals surface area (Å²) in [6.07, 6.45) is -0.0554. The fourth-order valence-corrected chi connectivity index (χ4v) is 4.45. The first-order valence-corrected chi connectivity index (χ1v) is 9.28. The van der Waals surface area contributed by atoms with Crippen molar-refractivity contribution in [3.8, 4) is 0 Å². The molecular formula is C18H30N2O6. The molecule has 0 bridgehead atoms. The zero-order chi connectivity index (χ0) is 19.5. The summed E-state index contributed by atoms with van der Waals surface area (Å²) in [7, 11) is 0. The van der Waals surface area contributed by atoms with Gasteiger partial charge >= 0.3 is 17.9 Å². The Labute approximate surface area is 154 Å². The Morgan fingerprint density at radius 1 is 1.00 bits per heavy atom. The normalized spacial score (nSPS) is 31.4. The van der Waals surface area contributed by atoms with Crippen molar-refractivity contribution in [3.05, 3.63) is 0 Å². The zero-order valence-corrected chi connectivity index (χ0v) is 16.3. The van der Waals surface area contributed by atoms with Gasteiger partial charge in [-0.3, -0.25) is 24.2 Å². The van der Waals surface area contributed by atoms with Crippen molar-refractivity contribution in [2.24, 2.45) is 0 Å². The van der Waals surface area contributed by atoms with E-state index in [0.717, 1.165) is 6.54 Å². The predicted octanol–water partition coefficient (Wildman–Crippen LogP) is 0.929. The summed E-state index contributed by atoms with van der Waals surface area (Å²) in [5.41, 5.74) is -0.908. The van der Waals surface area contributed by atoms with Gasteiger partial charge in [-0.2, -0.15) is 0 Å². The van der Waals surface area contributed by atoms with Crippen LogP contribution in [0, 0.1) is 0 Å². The Morgan fingerprint density at radius 3 is 2.12 bits per heavy atom. The van der Waals surface area contributed by atoms with Gasteiger partial charge in [0.1, 0.15) is 12.1 Å². The number of hydrogen-bond acceptors (Lipinski definition) is 8. The number of carbonyl (C=O) groups excluding carboxylic acids is 3. The van der Waals surface area contributed by atoms with Crippen LogP contribution in [-0.2, 0) is 28.6 Å². The van der Waals surface area contributed by atoms with Crippen molar-refractivity contribution in [2.45, 2.75) is 71.4 Å². The number of carbonyl (C=O) groups is 3. The lowest BCUT2D eigenvalue weighted by molar-refractivity contribution is -0.220. The summed E-state index contributed by atoms with van der Waals surface area (Å²) < 4.78 is 17.0. The number of fused-ring (bicyclic) bond motifs is 1. The molecule has 0 saturated carbocycles. The molecule has 148 valence electrons. The van der Waals surface area contributed by atoms with Gasteiger partial charge in [0.25, 0.3) is 0 Å². The van der Waals surface area contributed by atoms with Crippen LogP contribution in [0.4, 0.5) is 0 Å². The van der Waals surface area contributed by atoms with E-state index in [2.05, 4.69) is 9.80 Å². The standard InChI is InChI=1S/C18H30N2O6/c1-6-20(7-2)18(26-14(5)23)9-11-19-10-8-15(24-12(3)21)16(17(18)19)25-13(4)22/h15-17H,6-11H2,1-5H3. The van der Waals surface area contributed by atoms with Gasteiger partial charge in [0.05, 0.1) is 0 Å². The lowest BCUT2D eigenvalue weighted by atomic mass is 9.89. The monoisotopic (exact) mass is 370 g/mol. The first kappa shape index (κ1) is 20.6. The summed E-state index contributed by atoms with van der Waals surface area (Å²) >= 11 is 0. The molecular weight excluding hydrogens is 340 g/mol. The van der Waals surface area contributed by atoms with E-state index < -0.39 is 29.9 Å². The van der Waals surface area contributed by atoms with Crippen LogP contribution in [0.15, 0.2) is 0 Å². The Morgan fingerprint density at radius 2 is 1.62 bits per heavy atom. The topological polar surface area (TPSA) is 85.4 Å². The van der Waals surface area contributed by atoms with Crippen LogP contribution in [0.5, 0.6) is 0 Å². The number of likely N-dealkylation sites (N-methyl/N-ethyl adjacent to an activating group) is 1. The minimum Gasteiger partial charge on any atom is -0.458 e. The molecule has 0 aliphatic carbocycles. The summed E-state index contributed by atoms with van der Waals surface area (Å²) in [4.78, 5) is 39.5. The highest BCUT2D eigenvalue weighted by atomic mass is 16.6. The van der Waals surface area contributed by atoms with E-state index in [1.54, 1.807) is 0 Å². The van der Waals surface area contributed by atoms with Crippen molar-refractivity contribution in [1.82, 2.24) is 9.80 Å². The van der Waals surface area contributed by atoms with E-state index in [9.17, 15) is 14.4 Å². The molecule has 0 aromatic carbocycles. The zero-order valence-electron chi connectivity index (χ0n) is 16.3. The number of esters is 3. The third kappa shape index (κ3) is 4.01. The predicted molar refractivity (Wildman–Crippen MR) is 93.1 cm³/mol. The maximum absolute atomic E-state index is 11.9. The Balaban J connectivity index is 2.47. The molecule has 0 amide bonds. The molecule has 2 fully saturated rings. The molecule has 2 rings (SSSR count). The maximum atomic E-state index is 11.9. The van der Waals surface area contributed by atoms with E-state index in [-0.39, 0.29) is 12.0 Å². The maximum Gasteiger partial charge on any atom is 0.304 e. The number of nitrogens with zero attached hydrogens (tertiary/aromatic N) is 2. The lowest BCUT2D eigenvalue weighted by Gasteiger charge is -2.50. The summed E-state index contributed by atoms with van der Waals surface area (Å²) in [5.74, 6) is -1.24. The van der Waals surface area contributed by atoms with Crippen LogP contribution in [0.1, 0.15) is 47.5 Å². The minimum atomic E-state index is -0.908. The molecule has 8 heteroatoms. The van der Waals surface area contributed by atoms with Crippen LogP contribution >= 0.6 is 0 Å². The van der Waals surface area contributed by atoms with E-state index in [4.69, 9.17) is 14.2 Å². The molecule has 0 aromatic rings. The second kappa shape index (κ2) is 8.35. The van der Waals surface area contributed by atoms with Gasteiger partial charge in [-0.25, -0.2) is 0 Å². The first-order valence-electron chi connectivity index (χ1n) is 9.28. The third-order valence-electron chi connectivity index (χ3n) is 5.23. The van der Waals surface area contributed by atoms with Crippen LogP contribution < -0.4 is 0 Å². The van der Waals surface area contributed by atoms with Crippen molar-refractivity contribution in [2.75, 3.05) is 26.2 Å². The largest absolute Gasteiger partial charge is 0.458 e. The molecule has 4 atom stereocenters. The smallest absolute Gasteiger partial charge is 0.304 e. The fourth-order valence-electron chi connectivity index (χ4n) is 4.45. The average Bonchev–Trinajstić information content (AvgIpc) is 2.89. The lowest BCUT2D eigenvalue weighted by Crippen LogP contribution is -2.68. The fraction of sp³-hybridized carbons (Fsp3) is 0.833. The first-order chi connectivity index (χ1) is 12.2. The van der Waals surface area contributed by atoms with Crippen molar-refractivity contribution in [1.29, 1.82) is 0 Å². The molecule has 2 aliphatic rings. The molecule has 2 aliphatic heterocycles. The molecule has 26 heavy (non-hydrogen) atoms. The van der Waals surface area contributed by atoms with Crippen molar-refractivity contribution < 1.29 is 28.6 Å². The highest BCUT2D eigenvalue weighted by molar-refractivity contribution is 5.68. The molecule has 2 saturated heterocycles. The second-order valence-corrected chi connectivity index (χ2v) is 6.85. The van der Waals surface area contributed by atoms with Crippen LogP contribution in [0.3, 0.4) is 0 Å².